The number of rotatable bonds is 2. The van der Waals surface area contributed by atoms with Crippen molar-refractivity contribution < 1.29 is 4.79 Å². The predicted molar refractivity (Wildman–Crippen MR) is 77.3 cm³/mol. The highest BCUT2D eigenvalue weighted by Crippen LogP contribution is 2.38. The first-order valence-corrected chi connectivity index (χ1v) is 7.52. The molecule has 1 amide bonds. The summed E-state index contributed by atoms with van der Waals surface area (Å²) >= 11 is 5.08. The van der Waals surface area contributed by atoms with Crippen LogP contribution in [0.3, 0.4) is 0 Å². The van der Waals surface area contributed by atoms with Crippen LogP contribution in [0.15, 0.2) is 0 Å². The van der Waals surface area contributed by atoms with Crippen molar-refractivity contribution in [3.05, 3.63) is 0 Å². The van der Waals surface area contributed by atoms with Crippen LogP contribution in [-0.4, -0.2) is 28.9 Å². The Morgan fingerprint density at radius 1 is 1.28 bits per heavy atom. The Balaban J connectivity index is 2.01. The molecular formula is C14H24N2OS. The molecule has 0 aromatic rings. The van der Waals surface area contributed by atoms with Crippen LogP contribution in [0.5, 0.6) is 0 Å². The summed E-state index contributed by atoms with van der Waals surface area (Å²) in [4.78, 5) is 15.3. The first kappa shape index (κ1) is 13.8. The topological polar surface area (TPSA) is 46.3 Å². The fourth-order valence-corrected chi connectivity index (χ4v) is 3.51. The summed E-state index contributed by atoms with van der Waals surface area (Å²) in [7, 11) is 0. The van der Waals surface area contributed by atoms with Crippen LogP contribution in [0.4, 0.5) is 0 Å². The molecule has 3 nitrogen and oxygen atoms in total. The lowest BCUT2D eigenvalue weighted by atomic mass is 9.74. The number of thiocarbonyl (C=S) groups is 1. The molecule has 1 unspecified atom stereocenters. The van der Waals surface area contributed by atoms with Crippen molar-refractivity contribution in [2.75, 3.05) is 13.1 Å². The third-order valence-electron chi connectivity index (χ3n) is 4.58. The molecule has 0 bridgehead atoms. The number of hydrogen-bond donors (Lipinski definition) is 1. The average molecular weight is 268 g/mol. The maximum atomic E-state index is 12.7. The zero-order valence-corrected chi connectivity index (χ0v) is 12.1. The minimum absolute atomic E-state index is 0.129. The maximum absolute atomic E-state index is 12.7. The number of hydrogen-bond acceptors (Lipinski definition) is 2. The molecule has 2 aliphatic rings. The summed E-state index contributed by atoms with van der Waals surface area (Å²) in [6.07, 6.45) is 7.81. The SMILES string of the molecule is CC1(C(=O)N2CCCC(C(N)=S)C2)CCCCC1. The van der Waals surface area contributed by atoms with Crippen molar-refractivity contribution in [1.82, 2.24) is 4.90 Å². The predicted octanol–water partition coefficient (Wildman–Crippen LogP) is 2.48. The second kappa shape index (κ2) is 5.55. The second-order valence-corrected chi connectivity index (χ2v) is 6.59. The molecule has 2 N–H and O–H groups in total. The summed E-state index contributed by atoms with van der Waals surface area (Å²) in [6, 6.07) is 0. The quantitative estimate of drug-likeness (QED) is 0.783. The van der Waals surface area contributed by atoms with E-state index in [0.717, 1.165) is 38.8 Å². The molecule has 1 heterocycles. The van der Waals surface area contributed by atoms with E-state index in [1.54, 1.807) is 0 Å². The molecule has 1 saturated carbocycles. The minimum Gasteiger partial charge on any atom is -0.393 e. The van der Waals surface area contributed by atoms with E-state index >= 15 is 0 Å². The zero-order chi connectivity index (χ0) is 13.2. The van der Waals surface area contributed by atoms with E-state index in [-0.39, 0.29) is 11.3 Å². The van der Waals surface area contributed by atoms with Gasteiger partial charge in [0.1, 0.15) is 0 Å². The molecule has 4 heteroatoms. The standard InChI is InChI=1S/C14H24N2OS/c1-14(7-3-2-4-8-14)13(17)16-9-5-6-11(10-16)12(15)18/h11H,2-10H2,1H3,(H2,15,18). The van der Waals surface area contributed by atoms with E-state index < -0.39 is 0 Å². The van der Waals surface area contributed by atoms with Gasteiger partial charge in [0.2, 0.25) is 5.91 Å². The van der Waals surface area contributed by atoms with Gasteiger partial charge in [-0.1, -0.05) is 38.4 Å². The Morgan fingerprint density at radius 3 is 2.56 bits per heavy atom. The van der Waals surface area contributed by atoms with Crippen LogP contribution in [0.2, 0.25) is 0 Å². The lowest BCUT2D eigenvalue weighted by Gasteiger charge is -2.40. The van der Waals surface area contributed by atoms with Gasteiger partial charge in [-0.2, -0.15) is 0 Å². The van der Waals surface area contributed by atoms with Gasteiger partial charge in [0.15, 0.2) is 0 Å². The minimum atomic E-state index is -0.129. The normalized spacial score (nSPS) is 27.8. The van der Waals surface area contributed by atoms with Crippen LogP contribution in [0.1, 0.15) is 51.9 Å². The van der Waals surface area contributed by atoms with Crippen molar-refractivity contribution in [2.24, 2.45) is 17.1 Å². The highest BCUT2D eigenvalue weighted by molar-refractivity contribution is 7.80. The van der Waals surface area contributed by atoms with Gasteiger partial charge in [0.25, 0.3) is 0 Å². The van der Waals surface area contributed by atoms with Gasteiger partial charge in [0, 0.05) is 24.4 Å². The van der Waals surface area contributed by atoms with E-state index in [1.165, 1.54) is 19.3 Å². The van der Waals surface area contributed by atoms with Crippen LogP contribution in [0.25, 0.3) is 0 Å². The molecular weight excluding hydrogens is 244 g/mol. The van der Waals surface area contributed by atoms with Gasteiger partial charge in [-0.25, -0.2) is 0 Å². The van der Waals surface area contributed by atoms with E-state index in [2.05, 4.69) is 6.92 Å². The van der Waals surface area contributed by atoms with Crippen LogP contribution < -0.4 is 5.73 Å². The highest BCUT2D eigenvalue weighted by atomic mass is 32.1. The van der Waals surface area contributed by atoms with Gasteiger partial charge in [-0.3, -0.25) is 4.79 Å². The van der Waals surface area contributed by atoms with Crippen molar-refractivity contribution in [3.8, 4) is 0 Å². The molecule has 102 valence electrons. The molecule has 1 atom stereocenters. The first-order chi connectivity index (χ1) is 8.53. The Hall–Kier alpha value is -0.640. The van der Waals surface area contributed by atoms with Gasteiger partial charge in [-0.05, 0) is 25.7 Å². The van der Waals surface area contributed by atoms with Gasteiger partial charge in [0.05, 0.1) is 4.99 Å². The summed E-state index contributed by atoms with van der Waals surface area (Å²) in [5.74, 6) is 0.563. The van der Waals surface area contributed by atoms with E-state index in [9.17, 15) is 4.79 Å². The second-order valence-electron chi connectivity index (χ2n) is 6.11. The Labute approximate surface area is 115 Å². The lowest BCUT2D eigenvalue weighted by molar-refractivity contribution is -0.144. The number of nitrogens with zero attached hydrogens (tertiary/aromatic N) is 1. The lowest BCUT2D eigenvalue weighted by Crippen LogP contribution is -2.49. The van der Waals surface area contributed by atoms with Crippen molar-refractivity contribution in [1.29, 1.82) is 0 Å². The molecule has 18 heavy (non-hydrogen) atoms. The fraction of sp³-hybridized carbons (Fsp3) is 0.857. The number of nitrogens with two attached hydrogens (primary N) is 1. The Bertz CT molecular complexity index is 337. The Kier molecular flexibility index (Phi) is 4.25. The van der Waals surface area contributed by atoms with Crippen LogP contribution in [-0.2, 0) is 4.79 Å². The fourth-order valence-electron chi connectivity index (χ4n) is 3.32. The third-order valence-corrected chi connectivity index (χ3v) is 4.92. The third kappa shape index (κ3) is 2.85. The molecule has 1 saturated heterocycles. The summed E-state index contributed by atoms with van der Waals surface area (Å²) in [5.41, 5.74) is 5.61. The smallest absolute Gasteiger partial charge is 0.228 e. The van der Waals surface area contributed by atoms with Gasteiger partial charge in [-0.15, -0.1) is 0 Å². The molecule has 1 aliphatic carbocycles. The molecule has 0 radical (unpaired) electrons. The summed E-state index contributed by atoms with van der Waals surface area (Å²) in [6.45, 7) is 3.76. The van der Waals surface area contributed by atoms with Crippen molar-refractivity contribution in [3.63, 3.8) is 0 Å². The maximum Gasteiger partial charge on any atom is 0.228 e. The highest BCUT2D eigenvalue weighted by Gasteiger charge is 2.39. The molecule has 2 fully saturated rings. The molecule has 1 aliphatic heterocycles. The van der Waals surface area contributed by atoms with Crippen LogP contribution in [0, 0.1) is 11.3 Å². The summed E-state index contributed by atoms with van der Waals surface area (Å²) in [5, 5.41) is 0. The number of carbonyl (C=O) groups is 1. The van der Waals surface area contributed by atoms with E-state index in [4.69, 9.17) is 18.0 Å². The van der Waals surface area contributed by atoms with Crippen molar-refractivity contribution in [2.45, 2.75) is 51.9 Å². The largest absolute Gasteiger partial charge is 0.393 e. The van der Waals surface area contributed by atoms with Gasteiger partial charge >= 0.3 is 0 Å². The number of amides is 1. The molecule has 0 spiro atoms. The molecule has 2 rings (SSSR count). The number of piperidine rings is 1. The first-order valence-electron chi connectivity index (χ1n) is 7.12. The van der Waals surface area contributed by atoms with Gasteiger partial charge < -0.3 is 10.6 Å². The number of carbonyl (C=O) groups excluding carboxylic acids is 1. The molecule has 0 aromatic heterocycles. The van der Waals surface area contributed by atoms with Crippen LogP contribution >= 0.6 is 12.2 Å². The summed E-state index contributed by atoms with van der Waals surface area (Å²) < 4.78 is 0. The molecule has 0 aromatic carbocycles. The van der Waals surface area contributed by atoms with E-state index in [0.29, 0.717) is 10.9 Å². The number of likely N-dealkylation sites (tertiary alicyclic amines) is 1. The van der Waals surface area contributed by atoms with E-state index in [1.807, 2.05) is 4.90 Å². The average Bonchev–Trinajstić information content (AvgIpc) is 2.39. The van der Waals surface area contributed by atoms with Crippen molar-refractivity contribution >= 4 is 23.1 Å². The monoisotopic (exact) mass is 268 g/mol. The zero-order valence-electron chi connectivity index (χ0n) is 11.3. The Morgan fingerprint density at radius 2 is 1.94 bits per heavy atom.